The van der Waals surface area contributed by atoms with Crippen molar-refractivity contribution in [2.45, 2.75) is 13.0 Å². The fraction of sp³-hybridized carbons (Fsp3) is 0.385. The molecule has 1 aromatic carbocycles. The molecule has 2 atom stereocenters. The molecule has 2 aliphatic rings. The van der Waals surface area contributed by atoms with Crippen LogP contribution in [0.1, 0.15) is 27.6 Å². The monoisotopic (exact) mass is 231 g/mol. The number of fused-ring (bicyclic) bond motifs is 1. The normalized spacial score (nSPS) is 27.7. The van der Waals surface area contributed by atoms with Gasteiger partial charge in [-0.25, -0.2) is 0 Å². The van der Waals surface area contributed by atoms with Crippen molar-refractivity contribution < 1.29 is 14.3 Å². The van der Waals surface area contributed by atoms with Gasteiger partial charge in [-0.2, -0.15) is 0 Å². The molecular formula is C13H13NO3. The summed E-state index contributed by atoms with van der Waals surface area (Å²) in [5, 5.41) is 0. The van der Waals surface area contributed by atoms with Gasteiger partial charge in [0.05, 0.1) is 30.4 Å². The van der Waals surface area contributed by atoms with Crippen molar-refractivity contribution in [2.24, 2.45) is 5.92 Å². The van der Waals surface area contributed by atoms with Crippen LogP contribution in [0.4, 0.5) is 0 Å². The van der Waals surface area contributed by atoms with Gasteiger partial charge in [-0.3, -0.25) is 14.5 Å². The molecule has 3 rings (SSSR count). The first kappa shape index (κ1) is 10.5. The average Bonchev–Trinajstić information content (AvgIpc) is 2.84. The van der Waals surface area contributed by atoms with Gasteiger partial charge in [-0.15, -0.1) is 0 Å². The Morgan fingerprint density at radius 2 is 1.71 bits per heavy atom. The number of carbonyl (C=O) groups is 2. The van der Waals surface area contributed by atoms with Crippen LogP contribution in [-0.4, -0.2) is 36.0 Å². The first-order valence-corrected chi connectivity index (χ1v) is 5.75. The third-order valence-electron chi connectivity index (χ3n) is 3.48. The number of carbonyl (C=O) groups excluding carboxylic acids is 2. The fourth-order valence-corrected chi connectivity index (χ4v) is 2.49. The van der Waals surface area contributed by atoms with Gasteiger partial charge >= 0.3 is 0 Å². The average molecular weight is 231 g/mol. The predicted octanol–water partition coefficient (Wildman–Crippen LogP) is 1.32. The summed E-state index contributed by atoms with van der Waals surface area (Å²) in [4.78, 5) is 25.7. The van der Waals surface area contributed by atoms with Crippen molar-refractivity contribution in [3.05, 3.63) is 35.4 Å². The number of hydrogen-bond acceptors (Lipinski definition) is 3. The van der Waals surface area contributed by atoms with Crippen LogP contribution in [0.3, 0.4) is 0 Å². The second-order valence-corrected chi connectivity index (χ2v) is 4.61. The summed E-state index contributed by atoms with van der Waals surface area (Å²) in [5.41, 5.74) is 1.02. The molecule has 17 heavy (non-hydrogen) atoms. The van der Waals surface area contributed by atoms with E-state index in [0.29, 0.717) is 24.3 Å². The zero-order valence-electron chi connectivity index (χ0n) is 9.55. The van der Waals surface area contributed by atoms with Crippen molar-refractivity contribution >= 4 is 11.8 Å². The first-order valence-electron chi connectivity index (χ1n) is 5.75. The molecule has 0 spiro atoms. The highest BCUT2D eigenvalue weighted by Crippen LogP contribution is 2.29. The number of benzene rings is 1. The highest BCUT2D eigenvalue weighted by Gasteiger charge is 2.43. The summed E-state index contributed by atoms with van der Waals surface area (Å²) in [5.74, 6) is -0.168. The van der Waals surface area contributed by atoms with Crippen molar-refractivity contribution in [3.8, 4) is 0 Å². The number of amides is 2. The molecule has 0 radical (unpaired) electrons. The van der Waals surface area contributed by atoms with Crippen LogP contribution < -0.4 is 0 Å². The molecule has 1 saturated heterocycles. The highest BCUT2D eigenvalue weighted by atomic mass is 16.5. The largest absolute Gasteiger partial charge is 0.379 e. The fourth-order valence-electron chi connectivity index (χ4n) is 2.49. The predicted molar refractivity (Wildman–Crippen MR) is 60.7 cm³/mol. The summed E-state index contributed by atoms with van der Waals surface area (Å²) in [6.45, 7) is 3.06. The van der Waals surface area contributed by atoms with Crippen LogP contribution in [-0.2, 0) is 4.74 Å². The van der Waals surface area contributed by atoms with E-state index in [9.17, 15) is 9.59 Å². The summed E-state index contributed by atoms with van der Waals surface area (Å²) >= 11 is 0. The van der Waals surface area contributed by atoms with Gasteiger partial charge in [0.25, 0.3) is 11.8 Å². The second kappa shape index (κ2) is 3.67. The highest BCUT2D eigenvalue weighted by molar-refractivity contribution is 6.21. The quantitative estimate of drug-likeness (QED) is 0.685. The number of nitrogens with zero attached hydrogens (tertiary/aromatic N) is 1. The van der Waals surface area contributed by atoms with Crippen molar-refractivity contribution in [2.75, 3.05) is 13.2 Å². The number of rotatable bonds is 1. The maximum atomic E-state index is 12.2. The van der Waals surface area contributed by atoms with Gasteiger partial charge in [0, 0.05) is 5.92 Å². The minimum Gasteiger partial charge on any atom is -0.379 e. The summed E-state index contributed by atoms with van der Waals surface area (Å²) in [6.07, 6.45) is 0. The van der Waals surface area contributed by atoms with Gasteiger partial charge in [0.15, 0.2) is 0 Å². The topological polar surface area (TPSA) is 46.6 Å². The van der Waals surface area contributed by atoms with Crippen LogP contribution in [0.25, 0.3) is 0 Å². The van der Waals surface area contributed by atoms with Crippen LogP contribution >= 0.6 is 0 Å². The zero-order chi connectivity index (χ0) is 12.0. The lowest BCUT2D eigenvalue weighted by atomic mass is 10.1. The lowest BCUT2D eigenvalue weighted by molar-refractivity contribution is 0.0547. The first-order chi connectivity index (χ1) is 8.20. The molecule has 1 aromatic rings. The molecule has 0 saturated carbocycles. The molecule has 0 aliphatic carbocycles. The standard InChI is InChI=1S/C13H13NO3/c1-8-6-17-7-11(8)14-12(15)9-4-2-3-5-10(9)13(14)16/h2-5,8,11H,6-7H2,1H3/t8-,11?/m0/s1. The van der Waals surface area contributed by atoms with E-state index in [0.717, 1.165) is 0 Å². The SMILES string of the molecule is C[C@H]1COCC1N1C(=O)c2ccccc2C1=O. The molecule has 0 bridgehead atoms. The Labute approximate surface area is 99.2 Å². The lowest BCUT2D eigenvalue weighted by Gasteiger charge is -2.23. The maximum Gasteiger partial charge on any atom is 0.261 e. The Bertz CT molecular complexity index is 462. The second-order valence-electron chi connectivity index (χ2n) is 4.61. The summed E-state index contributed by atoms with van der Waals surface area (Å²) in [7, 11) is 0. The minimum absolute atomic E-state index is 0.123. The molecule has 1 fully saturated rings. The zero-order valence-corrected chi connectivity index (χ0v) is 9.55. The van der Waals surface area contributed by atoms with E-state index in [-0.39, 0.29) is 23.8 Å². The van der Waals surface area contributed by atoms with E-state index in [4.69, 9.17) is 4.74 Å². The van der Waals surface area contributed by atoms with E-state index < -0.39 is 0 Å². The Kier molecular flexibility index (Phi) is 2.26. The van der Waals surface area contributed by atoms with Crippen molar-refractivity contribution in [1.82, 2.24) is 4.90 Å². The van der Waals surface area contributed by atoms with Crippen LogP contribution in [0.15, 0.2) is 24.3 Å². The van der Waals surface area contributed by atoms with Gasteiger partial charge < -0.3 is 4.74 Å². The number of imide groups is 1. The Hall–Kier alpha value is -1.68. The Balaban J connectivity index is 2.00. The molecule has 2 heterocycles. The van der Waals surface area contributed by atoms with Gasteiger partial charge in [-0.1, -0.05) is 19.1 Å². The molecule has 0 N–H and O–H groups in total. The van der Waals surface area contributed by atoms with Gasteiger partial charge in [0.2, 0.25) is 0 Å². The van der Waals surface area contributed by atoms with Crippen LogP contribution in [0, 0.1) is 5.92 Å². The van der Waals surface area contributed by atoms with E-state index >= 15 is 0 Å². The lowest BCUT2D eigenvalue weighted by Crippen LogP contribution is -2.43. The van der Waals surface area contributed by atoms with E-state index in [2.05, 4.69) is 0 Å². The van der Waals surface area contributed by atoms with E-state index in [1.165, 1.54) is 4.90 Å². The van der Waals surface area contributed by atoms with E-state index in [1.54, 1.807) is 24.3 Å². The number of hydrogen-bond donors (Lipinski definition) is 0. The summed E-state index contributed by atoms with van der Waals surface area (Å²) in [6, 6.07) is 6.85. The molecular weight excluding hydrogens is 218 g/mol. The molecule has 1 unspecified atom stereocenters. The van der Waals surface area contributed by atoms with E-state index in [1.807, 2.05) is 6.92 Å². The van der Waals surface area contributed by atoms with Crippen LogP contribution in [0.5, 0.6) is 0 Å². The van der Waals surface area contributed by atoms with Crippen LogP contribution in [0.2, 0.25) is 0 Å². The number of ether oxygens (including phenoxy) is 1. The molecule has 4 nitrogen and oxygen atoms in total. The minimum atomic E-state index is -0.187. The maximum absolute atomic E-state index is 12.2. The molecule has 2 aliphatic heterocycles. The van der Waals surface area contributed by atoms with Crippen molar-refractivity contribution in [3.63, 3.8) is 0 Å². The molecule has 2 amide bonds. The summed E-state index contributed by atoms with van der Waals surface area (Å²) < 4.78 is 5.33. The molecule has 0 aromatic heterocycles. The Morgan fingerprint density at radius 1 is 1.12 bits per heavy atom. The molecule has 88 valence electrons. The smallest absolute Gasteiger partial charge is 0.261 e. The Morgan fingerprint density at radius 3 is 2.18 bits per heavy atom. The van der Waals surface area contributed by atoms with Gasteiger partial charge in [-0.05, 0) is 12.1 Å². The molecule has 4 heteroatoms. The van der Waals surface area contributed by atoms with Crippen molar-refractivity contribution in [1.29, 1.82) is 0 Å². The third-order valence-corrected chi connectivity index (χ3v) is 3.48. The third kappa shape index (κ3) is 1.41. The van der Waals surface area contributed by atoms with Gasteiger partial charge in [0.1, 0.15) is 0 Å².